The van der Waals surface area contributed by atoms with Gasteiger partial charge in [0.1, 0.15) is 35.2 Å². The monoisotopic (exact) mass is 624 g/mol. The molecule has 47 heavy (non-hydrogen) atoms. The van der Waals surface area contributed by atoms with Gasteiger partial charge in [0, 0.05) is 37.4 Å². The normalized spacial score (nSPS) is 12.1. The van der Waals surface area contributed by atoms with Crippen molar-refractivity contribution in [2.24, 2.45) is 0 Å². The number of ether oxygens (including phenoxy) is 5. The van der Waals surface area contributed by atoms with Gasteiger partial charge in [-0.1, -0.05) is 72.8 Å². The van der Waals surface area contributed by atoms with E-state index in [2.05, 4.69) is 9.97 Å². The maximum atomic E-state index is 6.30. The van der Waals surface area contributed by atoms with E-state index in [0.29, 0.717) is 37.8 Å². The smallest absolute Gasteiger partial charge is 0.213 e. The molecule has 0 spiro atoms. The molecule has 0 aliphatic heterocycles. The minimum atomic E-state index is -0.282. The van der Waals surface area contributed by atoms with Crippen LogP contribution < -0.4 is 18.9 Å². The highest BCUT2D eigenvalue weighted by molar-refractivity contribution is 5.34. The molecule has 2 aromatic heterocycles. The van der Waals surface area contributed by atoms with Gasteiger partial charge in [-0.3, -0.25) is 0 Å². The summed E-state index contributed by atoms with van der Waals surface area (Å²) in [5.41, 5.74) is 2.18. The van der Waals surface area contributed by atoms with Crippen LogP contribution >= 0.6 is 0 Å². The van der Waals surface area contributed by atoms with Crippen LogP contribution in [0.3, 0.4) is 0 Å². The maximum absolute atomic E-state index is 6.30. The topological polar surface area (TPSA) is 71.9 Å². The summed E-state index contributed by atoms with van der Waals surface area (Å²) in [4.78, 5) is 8.74. The minimum Gasteiger partial charge on any atom is -0.472 e. The third-order valence-corrected chi connectivity index (χ3v) is 7.19. The van der Waals surface area contributed by atoms with Crippen molar-refractivity contribution >= 4 is 0 Å². The summed E-state index contributed by atoms with van der Waals surface area (Å²) in [6, 6.07) is 46.8. The Kier molecular flexibility index (Phi) is 11.1. The predicted molar refractivity (Wildman–Crippen MR) is 181 cm³/mol. The Morgan fingerprint density at radius 1 is 0.404 bits per heavy atom. The summed E-state index contributed by atoms with van der Waals surface area (Å²) in [7, 11) is 0. The number of pyridine rings is 2. The Labute approximate surface area is 275 Å². The molecule has 236 valence electrons. The van der Waals surface area contributed by atoms with E-state index in [4.69, 9.17) is 23.7 Å². The van der Waals surface area contributed by atoms with Crippen LogP contribution in [0.15, 0.2) is 158 Å². The lowest BCUT2D eigenvalue weighted by molar-refractivity contribution is 0.00624. The molecule has 0 bridgehead atoms. The molecule has 6 rings (SSSR count). The lowest BCUT2D eigenvalue weighted by Crippen LogP contribution is -2.31. The van der Waals surface area contributed by atoms with Crippen LogP contribution in [-0.4, -0.2) is 35.4 Å². The second-order valence-electron chi connectivity index (χ2n) is 10.9. The predicted octanol–water partition coefficient (Wildman–Crippen LogP) is 8.76. The second kappa shape index (κ2) is 16.6. The van der Waals surface area contributed by atoms with E-state index < -0.39 is 0 Å². The number of aromatic nitrogens is 2. The summed E-state index contributed by atoms with van der Waals surface area (Å²) in [6.07, 6.45) is 4.12. The average Bonchev–Trinajstić information content (AvgIpc) is 3.12. The highest BCUT2D eigenvalue weighted by Crippen LogP contribution is 2.24. The lowest BCUT2D eigenvalue weighted by Gasteiger charge is -2.22. The quantitative estimate of drug-likeness (QED) is 0.107. The highest BCUT2D eigenvalue weighted by Gasteiger charge is 2.18. The van der Waals surface area contributed by atoms with Gasteiger partial charge in [-0.25, -0.2) is 9.97 Å². The van der Waals surface area contributed by atoms with E-state index in [9.17, 15) is 0 Å². The minimum absolute atomic E-state index is 0.282. The molecule has 0 aliphatic rings. The molecule has 0 aliphatic carbocycles. The van der Waals surface area contributed by atoms with E-state index in [1.165, 1.54) is 0 Å². The number of hydrogen-bond donors (Lipinski definition) is 0. The first kappa shape index (κ1) is 31.3. The zero-order chi connectivity index (χ0) is 31.9. The summed E-state index contributed by atoms with van der Waals surface area (Å²) in [6.45, 7) is 0.676. The summed E-state index contributed by atoms with van der Waals surface area (Å²) >= 11 is 0. The molecule has 0 saturated heterocycles. The van der Waals surface area contributed by atoms with E-state index >= 15 is 0 Å². The van der Waals surface area contributed by atoms with Gasteiger partial charge in [-0.2, -0.15) is 0 Å². The summed E-state index contributed by atoms with van der Waals surface area (Å²) in [5, 5.41) is 0. The average molecular weight is 625 g/mol. The molecule has 6 aromatic rings. The molecule has 0 radical (unpaired) electrons. The van der Waals surface area contributed by atoms with Gasteiger partial charge in [-0.05, 0) is 71.8 Å². The first-order valence-electron chi connectivity index (χ1n) is 15.6. The molecular weight excluding hydrogens is 588 g/mol. The summed E-state index contributed by atoms with van der Waals surface area (Å²) in [5.74, 6) is 4.22. The molecule has 0 saturated carbocycles. The SMILES string of the molecule is c1ccc(Oc2ccc(C[C@@H](COC[C@H](Cc3ccc(Oc4ccccc4)cc3)Oc3ccccn3)Oc3ccccn3)cc2)cc1. The first-order chi connectivity index (χ1) is 23.2. The van der Waals surface area contributed by atoms with Crippen LogP contribution in [-0.2, 0) is 17.6 Å². The van der Waals surface area contributed by atoms with E-state index in [1.54, 1.807) is 12.4 Å². The summed E-state index contributed by atoms with van der Waals surface area (Å²) < 4.78 is 30.8. The maximum Gasteiger partial charge on any atom is 0.213 e. The zero-order valence-electron chi connectivity index (χ0n) is 25.9. The van der Waals surface area contributed by atoms with Crippen molar-refractivity contribution in [3.8, 4) is 34.8 Å². The molecular formula is C40H36N2O5. The van der Waals surface area contributed by atoms with Gasteiger partial charge in [0.05, 0.1) is 13.2 Å². The van der Waals surface area contributed by atoms with Crippen LogP contribution in [0.25, 0.3) is 0 Å². The van der Waals surface area contributed by atoms with Crippen LogP contribution in [0.5, 0.6) is 34.8 Å². The van der Waals surface area contributed by atoms with Gasteiger partial charge >= 0.3 is 0 Å². The van der Waals surface area contributed by atoms with Crippen LogP contribution in [0, 0.1) is 0 Å². The molecule has 0 N–H and O–H groups in total. The van der Waals surface area contributed by atoms with Gasteiger partial charge in [-0.15, -0.1) is 0 Å². The van der Waals surface area contributed by atoms with Gasteiger partial charge in [0.2, 0.25) is 11.8 Å². The number of para-hydroxylation sites is 2. The van der Waals surface area contributed by atoms with Gasteiger partial charge < -0.3 is 23.7 Å². The van der Waals surface area contributed by atoms with Crippen molar-refractivity contribution in [1.82, 2.24) is 9.97 Å². The fraction of sp³-hybridized carbons (Fsp3) is 0.150. The van der Waals surface area contributed by atoms with E-state index in [1.807, 2.05) is 146 Å². The van der Waals surface area contributed by atoms with Crippen molar-refractivity contribution in [2.75, 3.05) is 13.2 Å². The largest absolute Gasteiger partial charge is 0.472 e. The second-order valence-corrected chi connectivity index (χ2v) is 10.9. The fourth-order valence-electron chi connectivity index (χ4n) is 4.94. The van der Waals surface area contributed by atoms with E-state index in [0.717, 1.165) is 34.1 Å². The van der Waals surface area contributed by atoms with Crippen molar-refractivity contribution in [2.45, 2.75) is 25.0 Å². The Morgan fingerprint density at radius 3 is 1.17 bits per heavy atom. The molecule has 0 amide bonds. The fourth-order valence-corrected chi connectivity index (χ4v) is 4.94. The number of hydrogen-bond acceptors (Lipinski definition) is 7. The third-order valence-electron chi connectivity index (χ3n) is 7.19. The van der Waals surface area contributed by atoms with Crippen molar-refractivity contribution in [3.05, 3.63) is 169 Å². The Hall–Kier alpha value is -5.66. The number of rotatable bonds is 16. The molecule has 0 fully saturated rings. The zero-order valence-corrected chi connectivity index (χ0v) is 25.9. The first-order valence-corrected chi connectivity index (χ1v) is 15.6. The molecule has 2 heterocycles. The Balaban J connectivity index is 1.10. The van der Waals surface area contributed by atoms with Crippen LogP contribution in [0.4, 0.5) is 0 Å². The molecule has 7 heteroatoms. The standard InChI is InChI=1S/C40H36N2O5/c1-3-11-33(12-4-1)44-35-21-17-31(18-22-35)27-37(46-39-15-7-9-25-41-39)29-43-30-38(47-40-16-8-10-26-42-40)28-32-19-23-36(24-20-32)45-34-13-5-2-6-14-34/h1-26,37-38H,27-30H2/t37-,38-/m0/s1. The van der Waals surface area contributed by atoms with Gasteiger partial charge in [0.25, 0.3) is 0 Å². The van der Waals surface area contributed by atoms with Crippen LogP contribution in [0.1, 0.15) is 11.1 Å². The molecule has 0 unspecified atom stereocenters. The Morgan fingerprint density at radius 2 is 0.787 bits per heavy atom. The van der Waals surface area contributed by atoms with Gasteiger partial charge in [0.15, 0.2) is 0 Å². The Bertz CT molecular complexity index is 1610. The highest BCUT2D eigenvalue weighted by atomic mass is 16.6. The van der Waals surface area contributed by atoms with Crippen molar-refractivity contribution in [1.29, 1.82) is 0 Å². The van der Waals surface area contributed by atoms with Crippen molar-refractivity contribution < 1.29 is 23.7 Å². The number of nitrogens with zero attached hydrogens (tertiary/aromatic N) is 2. The molecule has 2 atom stereocenters. The molecule has 4 aromatic carbocycles. The van der Waals surface area contributed by atoms with Crippen molar-refractivity contribution in [3.63, 3.8) is 0 Å². The number of benzene rings is 4. The van der Waals surface area contributed by atoms with Crippen LogP contribution in [0.2, 0.25) is 0 Å². The molecule has 7 nitrogen and oxygen atoms in total. The third kappa shape index (κ3) is 10.2. The lowest BCUT2D eigenvalue weighted by atomic mass is 10.1. The van der Waals surface area contributed by atoms with E-state index in [-0.39, 0.29) is 12.2 Å².